The molecule has 4 aliphatic carbocycles. The molecule has 0 aromatic carbocycles. The van der Waals surface area contributed by atoms with Crippen LogP contribution in [0.25, 0.3) is 0 Å². The monoisotopic (exact) mass is 608 g/mol. The average Bonchev–Trinajstić information content (AvgIpc) is 3.32. The predicted molar refractivity (Wildman–Crippen MR) is 164 cm³/mol. The van der Waals surface area contributed by atoms with Crippen LogP contribution in [-0.4, -0.2) is 85.8 Å². The number of hydrogen-bond acceptors (Lipinski definition) is 8. The van der Waals surface area contributed by atoms with Crippen molar-refractivity contribution in [3.63, 3.8) is 0 Å². The average molecular weight is 609 g/mol. The molecule has 0 amide bonds. The van der Waals surface area contributed by atoms with Crippen LogP contribution in [0.4, 0.5) is 0 Å². The third-order valence-electron chi connectivity index (χ3n) is 14.0. The number of fused-ring (bicyclic) bond motifs is 5. The standard InChI is InChI=1S/C35H60O8/c1-19(2)9-8-14-35(7,43-31-30(41)29(40)28(39)25(18-36)42-31)22-13-16-34(6)27(22)24(37)17-23-20-10-11-26(38)32(3,4)21(20)12-15-33(23,34)5/h9,20-31,36-41H,8,10-18H2,1-7H3/t20-,21+,22+,23-,24-,25-,26-,27+,28-,29+,30-,31+,33-,34-,35+/m1/s1. The summed E-state index contributed by atoms with van der Waals surface area (Å²) in [6.07, 6.45) is 2.81. The van der Waals surface area contributed by atoms with Gasteiger partial charge in [0.05, 0.1) is 24.4 Å². The van der Waals surface area contributed by atoms with Gasteiger partial charge in [0.1, 0.15) is 24.4 Å². The fourth-order valence-corrected chi connectivity index (χ4v) is 11.2. The number of rotatable bonds is 7. The molecular formula is C35H60O8. The number of allylic oxidation sites excluding steroid dienone is 2. The smallest absolute Gasteiger partial charge is 0.187 e. The molecular weight excluding hydrogens is 548 g/mol. The molecule has 5 rings (SSSR count). The first-order valence-electron chi connectivity index (χ1n) is 17.0. The van der Waals surface area contributed by atoms with Crippen molar-refractivity contribution in [1.29, 1.82) is 0 Å². The largest absolute Gasteiger partial charge is 0.394 e. The Morgan fingerprint density at radius 3 is 2.21 bits per heavy atom. The minimum atomic E-state index is -1.50. The summed E-state index contributed by atoms with van der Waals surface area (Å²) in [6.45, 7) is 15.0. The summed E-state index contributed by atoms with van der Waals surface area (Å²) in [5, 5.41) is 64.6. The Kier molecular flexibility index (Phi) is 9.34. The molecule has 1 saturated heterocycles. The van der Waals surface area contributed by atoms with E-state index in [2.05, 4.69) is 54.5 Å². The second kappa shape index (κ2) is 11.9. The quantitative estimate of drug-likeness (QED) is 0.239. The number of aliphatic hydroxyl groups is 6. The first-order valence-corrected chi connectivity index (χ1v) is 17.0. The minimum Gasteiger partial charge on any atom is -0.394 e. The Labute approximate surface area is 258 Å². The van der Waals surface area contributed by atoms with Crippen molar-refractivity contribution in [2.24, 2.45) is 45.8 Å². The van der Waals surface area contributed by atoms with Crippen molar-refractivity contribution in [1.82, 2.24) is 0 Å². The lowest BCUT2D eigenvalue weighted by molar-refractivity contribution is -0.335. The molecule has 0 aromatic heterocycles. The van der Waals surface area contributed by atoms with Crippen molar-refractivity contribution in [2.45, 2.75) is 155 Å². The molecule has 6 N–H and O–H groups in total. The second-order valence-electron chi connectivity index (χ2n) is 16.6. The molecule has 4 saturated carbocycles. The van der Waals surface area contributed by atoms with Crippen LogP contribution in [0, 0.1) is 45.8 Å². The molecule has 5 fully saturated rings. The highest BCUT2D eigenvalue weighted by atomic mass is 16.7. The zero-order valence-electron chi connectivity index (χ0n) is 27.6. The van der Waals surface area contributed by atoms with Gasteiger partial charge in [-0.15, -0.1) is 0 Å². The van der Waals surface area contributed by atoms with Crippen LogP contribution in [0.3, 0.4) is 0 Å². The van der Waals surface area contributed by atoms with E-state index in [1.165, 1.54) is 5.57 Å². The van der Waals surface area contributed by atoms with Gasteiger partial charge in [-0.1, -0.05) is 39.3 Å². The SMILES string of the molecule is CC(C)=CCC[C@](C)(O[C@@H]1O[C@H](CO)[C@@H](O)[C@H](O)[C@H]1O)[C@H]1CC[C@]2(C)[C@@H]1[C@H](O)C[C@@H]1[C@@H]3CC[C@@H](O)C(C)(C)[C@H]3CC[C@]12C. The molecule has 0 aromatic rings. The summed E-state index contributed by atoms with van der Waals surface area (Å²) >= 11 is 0. The van der Waals surface area contributed by atoms with Gasteiger partial charge < -0.3 is 40.1 Å². The van der Waals surface area contributed by atoms with Crippen molar-refractivity contribution in [3.8, 4) is 0 Å². The maximum atomic E-state index is 12.1. The molecule has 43 heavy (non-hydrogen) atoms. The van der Waals surface area contributed by atoms with E-state index in [1.54, 1.807) is 0 Å². The summed E-state index contributed by atoms with van der Waals surface area (Å²) < 4.78 is 12.6. The van der Waals surface area contributed by atoms with Crippen LogP contribution < -0.4 is 0 Å². The Morgan fingerprint density at radius 2 is 1.56 bits per heavy atom. The van der Waals surface area contributed by atoms with Gasteiger partial charge in [-0.2, -0.15) is 0 Å². The zero-order chi connectivity index (χ0) is 31.7. The molecule has 0 radical (unpaired) electrons. The van der Waals surface area contributed by atoms with Crippen LogP contribution in [0.1, 0.15) is 106 Å². The summed E-state index contributed by atoms with van der Waals surface area (Å²) in [6, 6.07) is 0. The highest BCUT2D eigenvalue weighted by Crippen LogP contribution is 2.73. The highest BCUT2D eigenvalue weighted by molar-refractivity contribution is 5.18. The third-order valence-corrected chi connectivity index (χ3v) is 14.0. The lowest BCUT2D eigenvalue weighted by atomic mass is 9.39. The van der Waals surface area contributed by atoms with Gasteiger partial charge in [-0.05, 0) is 124 Å². The minimum absolute atomic E-state index is 0.00548. The van der Waals surface area contributed by atoms with Crippen molar-refractivity contribution in [3.05, 3.63) is 11.6 Å². The van der Waals surface area contributed by atoms with E-state index >= 15 is 0 Å². The first kappa shape index (κ1) is 33.8. The van der Waals surface area contributed by atoms with E-state index in [9.17, 15) is 30.6 Å². The zero-order valence-corrected chi connectivity index (χ0v) is 27.6. The Bertz CT molecular complexity index is 1030. The van der Waals surface area contributed by atoms with E-state index in [0.717, 1.165) is 51.4 Å². The molecule has 5 aliphatic rings. The van der Waals surface area contributed by atoms with Crippen LogP contribution in [0.2, 0.25) is 0 Å². The van der Waals surface area contributed by atoms with Crippen molar-refractivity contribution in [2.75, 3.05) is 6.61 Å². The first-order chi connectivity index (χ1) is 20.0. The van der Waals surface area contributed by atoms with Gasteiger partial charge in [-0.25, -0.2) is 0 Å². The predicted octanol–water partition coefficient (Wildman–Crippen LogP) is 3.93. The fraction of sp³-hybridized carbons (Fsp3) is 0.943. The highest BCUT2D eigenvalue weighted by Gasteiger charge is 2.69. The van der Waals surface area contributed by atoms with Crippen LogP contribution in [0.5, 0.6) is 0 Å². The number of ether oxygens (including phenoxy) is 2. The van der Waals surface area contributed by atoms with E-state index < -0.39 is 49.0 Å². The van der Waals surface area contributed by atoms with Gasteiger partial charge in [0.15, 0.2) is 6.29 Å². The molecule has 1 aliphatic heterocycles. The van der Waals surface area contributed by atoms with E-state index in [-0.39, 0.29) is 34.2 Å². The molecule has 8 nitrogen and oxygen atoms in total. The number of hydrogen-bond donors (Lipinski definition) is 6. The van der Waals surface area contributed by atoms with Gasteiger partial charge in [0, 0.05) is 0 Å². The normalized spacial score (nSPS) is 50.6. The Hall–Kier alpha value is -0.580. The molecule has 0 bridgehead atoms. The maximum Gasteiger partial charge on any atom is 0.187 e. The Morgan fingerprint density at radius 1 is 0.884 bits per heavy atom. The topological polar surface area (TPSA) is 140 Å². The molecule has 1 heterocycles. The van der Waals surface area contributed by atoms with Crippen LogP contribution in [0.15, 0.2) is 11.6 Å². The molecule has 8 heteroatoms. The van der Waals surface area contributed by atoms with Gasteiger partial charge in [0.2, 0.25) is 0 Å². The molecule has 248 valence electrons. The molecule has 0 spiro atoms. The third kappa shape index (κ3) is 5.38. The summed E-state index contributed by atoms with van der Waals surface area (Å²) in [5.74, 6) is 1.34. The van der Waals surface area contributed by atoms with Gasteiger partial charge in [-0.3, -0.25) is 0 Å². The summed E-state index contributed by atoms with van der Waals surface area (Å²) in [7, 11) is 0. The van der Waals surface area contributed by atoms with E-state index in [4.69, 9.17) is 9.47 Å². The fourth-order valence-electron chi connectivity index (χ4n) is 11.2. The second-order valence-corrected chi connectivity index (χ2v) is 16.6. The molecule has 15 atom stereocenters. The van der Waals surface area contributed by atoms with Crippen LogP contribution >= 0.6 is 0 Å². The summed E-state index contributed by atoms with van der Waals surface area (Å²) in [5.41, 5.74) is 0.238. The van der Waals surface area contributed by atoms with E-state index in [1.807, 2.05) is 0 Å². The van der Waals surface area contributed by atoms with E-state index in [0.29, 0.717) is 24.2 Å². The number of aliphatic hydroxyl groups excluding tert-OH is 6. The van der Waals surface area contributed by atoms with Crippen molar-refractivity contribution < 1.29 is 40.1 Å². The summed E-state index contributed by atoms with van der Waals surface area (Å²) in [4.78, 5) is 0. The van der Waals surface area contributed by atoms with Crippen LogP contribution in [-0.2, 0) is 9.47 Å². The maximum absolute atomic E-state index is 12.1. The van der Waals surface area contributed by atoms with Gasteiger partial charge >= 0.3 is 0 Å². The Balaban J connectivity index is 1.46. The molecule has 0 unspecified atom stereocenters. The lowest BCUT2D eigenvalue weighted by Gasteiger charge is -2.67. The van der Waals surface area contributed by atoms with Crippen molar-refractivity contribution >= 4 is 0 Å². The van der Waals surface area contributed by atoms with Gasteiger partial charge in [0.25, 0.3) is 0 Å². The lowest BCUT2D eigenvalue weighted by Crippen LogP contribution is -2.64.